The number of carbonyl (C=O) groups is 1. The summed E-state index contributed by atoms with van der Waals surface area (Å²) in [7, 11) is 0. The third kappa shape index (κ3) is 3.23. The molecule has 0 amide bonds. The van der Waals surface area contributed by atoms with Gasteiger partial charge in [0.2, 0.25) is 0 Å². The predicted octanol–water partition coefficient (Wildman–Crippen LogP) is 5.24. The standard InChI is InChI=1S/C18H21F3O3S/c1-3-10(2)17(9-12-5-7-15(17)25-12)24-14-8-11(16(22)23)4-6-13(14)18(19,20)21/h4,6,8,10,12,15H,3,5,7,9H2,1-2H3,(H,22,23). The number of ether oxygens (including phenoxy) is 1. The molecule has 25 heavy (non-hydrogen) atoms. The van der Waals surface area contributed by atoms with Crippen molar-refractivity contribution < 1.29 is 27.8 Å². The van der Waals surface area contributed by atoms with Crippen LogP contribution in [0, 0.1) is 5.92 Å². The Bertz CT molecular complexity index is 676. The van der Waals surface area contributed by atoms with E-state index in [0.717, 1.165) is 37.5 Å². The molecule has 0 saturated carbocycles. The minimum absolute atomic E-state index is 0.0878. The Morgan fingerprint density at radius 2 is 2.16 bits per heavy atom. The van der Waals surface area contributed by atoms with E-state index in [4.69, 9.17) is 9.84 Å². The molecule has 1 aromatic rings. The van der Waals surface area contributed by atoms with E-state index in [0.29, 0.717) is 11.7 Å². The summed E-state index contributed by atoms with van der Waals surface area (Å²) in [5.74, 6) is -1.54. The minimum Gasteiger partial charge on any atom is -0.485 e. The van der Waals surface area contributed by atoms with E-state index in [1.54, 1.807) is 11.8 Å². The summed E-state index contributed by atoms with van der Waals surface area (Å²) in [6.45, 7) is 4.01. The van der Waals surface area contributed by atoms with Gasteiger partial charge in [0.1, 0.15) is 11.4 Å². The first-order valence-corrected chi connectivity index (χ1v) is 9.40. The quantitative estimate of drug-likeness (QED) is 0.766. The van der Waals surface area contributed by atoms with Crippen molar-refractivity contribution in [2.75, 3.05) is 0 Å². The normalized spacial score (nSPS) is 29.6. The van der Waals surface area contributed by atoms with E-state index >= 15 is 0 Å². The number of aromatic carboxylic acids is 1. The van der Waals surface area contributed by atoms with E-state index in [9.17, 15) is 18.0 Å². The number of alkyl halides is 3. The predicted molar refractivity (Wildman–Crippen MR) is 90.2 cm³/mol. The molecule has 2 saturated heterocycles. The van der Waals surface area contributed by atoms with Crippen molar-refractivity contribution in [3.63, 3.8) is 0 Å². The van der Waals surface area contributed by atoms with Crippen molar-refractivity contribution in [1.82, 2.24) is 0 Å². The average Bonchev–Trinajstić information content (AvgIpc) is 3.14. The Morgan fingerprint density at radius 1 is 1.44 bits per heavy atom. The van der Waals surface area contributed by atoms with Crippen LogP contribution in [-0.2, 0) is 6.18 Å². The number of rotatable bonds is 5. The van der Waals surface area contributed by atoms with Gasteiger partial charge in [-0.05, 0) is 43.4 Å². The molecule has 4 atom stereocenters. The molecule has 0 aromatic heterocycles. The van der Waals surface area contributed by atoms with Crippen LogP contribution in [0.4, 0.5) is 13.2 Å². The highest BCUT2D eigenvalue weighted by Crippen LogP contribution is 2.57. The van der Waals surface area contributed by atoms with Gasteiger partial charge < -0.3 is 9.84 Å². The van der Waals surface area contributed by atoms with Crippen molar-refractivity contribution in [1.29, 1.82) is 0 Å². The second-order valence-electron chi connectivity index (χ2n) is 6.91. The van der Waals surface area contributed by atoms with Gasteiger partial charge in [0, 0.05) is 16.9 Å². The van der Waals surface area contributed by atoms with Crippen molar-refractivity contribution in [3.8, 4) is 5.75 Å². The molecule has 2 bridgehead atoms. The fourth-order valence-electron chi connectivity index (χ4n) is 3.95. The first-order chi connectivity index (χ1) is 11.7. The molecule has 2 aliphatic heterocycles. The van der Waals surface area contributed by atoms with Gasteiger partial charge in [-0.15, -0.1) is 0 Å². The molecule has 0 spiro atoms. The summed E-state index contributed by atoms with van der Waals surface area (Å²) in [5.41, 5.74) is -1.77. The molecule has 1 N–H and O–H groups in total. The zero-order valence-corrected chi connectivity index (χ0v) is 14.9. The number of thioether (sulfide) groups is 1. The lowest BCUT2D eigenvalue weighted by molar-refractivity contribution is -0.140. The number of hydrogen-bond acceptors (Lipinski definition) is 3. The summed E-state index contributed by atoms with van der Waals surface area (Å²) in [6.07, 6.45) is -1.08. The monoisotopic (exact) mass is 374 g/mol. The van der Waals surface area contributed by atoms with Crippen LogP contribution in [-0.4, -0.2) is 27.2 Å². The summed E-state index contributed by atoms with van der Waals surface area (Å²) in [4.78, 5) is 11.2. The summed E-state index contributed by atoms with van der Waals surface area (Å²) >= 11 is 1.80. The Labute approximate surface area is 148 Å². The van der Waals surface area contributed by atoms with Gasteiger partial charge in [0.05, 0.1) is 11.1 Å². The van der Waals surface area contributed by atoms with Gasteiger partial charge in [-0.2, -0.15) is 24.9 Å². The van der Waals surface area contributed by atoms with Gasteiger partial charge in [0.15, 0.2) is 0 Å². The number of benzene rings is 1. The maximum absolute atomic E-state index is 13.4. The van der Waals surface area contributed by atoms with Crippen LogP contribution in [0.15, 0.2) is 18.2 Å². The molecule has 1 aromatic carbocycles. The Kier molecular flexibility index (Phi) is 4.73. The van der Waals surface area contributed by atoms with Crippen molar-refractivity contribution >= 4 is 17.7 Å². The van der Waals surface area contributed by atoms with Gasteiger partial charge in [-0.1, -0.05) is 13.8 Å². The minimum atomic E-state index is -4.59. The van der Waals surface area contributed by atoms with Crippen LogP contribution in [0.25, 0.3) is 0 Å². The van der Waals surface area contributed by atoms with Crippen LogP contribution >= 0.6 is 11.8 Å². The van der Waals surface area contributed by atoms with Gasteiger partial charge in [0.25, 0.3) is 0 Å². The zero-order valence-electron chi connectivity index (χ0n) is 14.1. The fraction of sp³-hybridized carbons (Fsp3) is 0.611. The van der Waals surface area contributed by atoms with E-state index < -0.39 is 23.3 Å². The number of hydrogen-bond donors (Lipinski definition) is 1. The Morgan fingerprint density at radius 3 is 2.64 bits per heavy atom. The number of halogens is 3. The maximum atomic E-state index is 13.4. The lowest BCUT2D eigenvalue weighted by atomic mass is 9.75. The average molecular weight is 374 g/mol. The van der Waals surface area contributed by atoms with E-state index in [1.807, 2.05) is 13.8 Å². The highest BCUT2D eigenvalue weighted by atomic mass is 32.2. The van der Waals surface area contributed by atoms with Gasteiger partial charge in [-0.25, -0.2) is 4.79 Å². The number of fused-ring (bicyclic) bond motifs is 2. The first-order valence-electron chi connectivity index (χ1n) is 8.46. The number of carboxylic acid groups (broad SMARTS) is 1. The Balaban J connectivity index is 2.05. The van der Waals surface area contributed by atoms with E-state index in [-0.39, 0.29) is 22.5 Å². The molecular weight excluding hydrogens is 353 g/mol. The third-order valence-electron chi connectivity index (χ3n) is 5.48. The lowest BCUT2D eigenvalue weighted by Gasteiger charge is -2.42. The molecule has 7 heteroatoms. The third-order valence-corrected chi connectivity index (χ3v) is 7.23. The van der Waals surface area contributed by atoms with Crippen LogP contribution < -0.4 is 4.74 Å². The van der Waals surface area contributed by atoms with E-state index in [1.165, 1.54) is 0 Å². The zero-order chi connectivity index (χ0) is 18.4. The molecular formula is C18H21F3O3S. The summed E-state index contributed by atoms with van der Waals surface area (Å²) < 4.78 is 46.3. The van der Waals surface area contributed by atoms with Gasteiger partial charge in [-0.3, -0.25) is 0 Å². The smallest absolute Gasteiger partial charge is 0.419 e. The largest absolute Gasteiger partial charge is 0.485 e. The van der Waals surface area contributed by atoms with Crippen molar-refractivity contribution in [2.24, 2.45) is 5.92 Å². The molecule has 4 unspecified atom stereocenters. The lowest BCUT2D eigenvalue weighted by Crippen LogP contribution is -2.50. The highest BCUT2D eigenvalue weighted by molar-refractivity contribution is 8.01. The van der Waals surface area contributed by atoms with Crippen molar-refractivity contribution in [2.45, 2.75) is 61.8 Å². The molecule has 2 aliphatic rings. The number of carboxylic acids is 1. The molecule has 0 radical (unpaired) electrons. The molecule has 0 aliphatic carbocycles. The topological polar surface area (TPSA) is 46.5 Å². The maximum Gasteiger partial charge on any atom is 0.419 e. The second-order valence-corrected chi connectivity index (χ2v) is 8.42. The van der Waals surface area contributed by atoms with Crippen molar-refractivity contribution in [3.05, 3.63) is 29.3 Å². The molecule has 138 valence electrons. The molecule has 2 fully saturated rings. The second kappa shape index (κ2) is 6.41. The SMILES string of the molecule is CCC(C)C1(Oc2cc(C(=O)O)ccc2C(F)(F)F)CC2CCC1S2. The van der Waals surface area contributed by atoms with Crippen LogP contribution in [0.5, 0.6) is 5.75 Å². The highest BCUT2D eigenvalue weighted by Gasteiger charge is 2.56. The molecule has 3 nitrogen and oxygen atoms in total. The first kappa shape index (κ1) is 18.4. The van der Waals surface area contributed by atoms with Crippen LogP contribution in [0.2, 0.25) is 0 Å². The summed E-state index contributed by atoms with van der Waals surface area (Å²) in [5, 5.41) is 9.72. The van der Waals surface area contributed by atoms with Gasteiger partial charge >= 0.3 is 12.1 Å². The Hall–Kier alpha value is -1.37. The summed E-state index contributed by atoms with van der Waals surface area (Å²) in [6, 6.07) is 2.80. The molecule has 2 heterocycles. The fourth-order valence-corrected chi connectivity index (χ4v) is 5.93. The van der Waals surface area contributed by atoms with Crippen LogP contribution in [0.1, 0.15) is 55.5 Å². The van der Waals surface area contributed by atoms with E-state index in [2.05, 4.69) is 0 Å². The van der Waals surface area contributed by atoms with Crippen LogP contribution in [0.3, 0.4) is 0 Å². The molecule has 3 rings (SSSR count).